The first-order valence-corrected chi connectivity index (χ1v) is 11.5. The summed E-state index contributed by atoms with van der Waals surface area (Å²) in [6, 6.07) is 5.21. The van der Waals surface area contributed by atoms with Gasteiger partial charge in [-0.15, -0.1) is 0 Å². The molecule has 4 rings (SSSR count). The fourth-order valence-corrected chi connectivity index (χ4v) is 5.16. The van der Waals surface area contributed by atoms with Crippen molar-refractivity contribution >= 4 is 63.6 Å². The minimum absolute atomic E-state index is 0.0419. The minimum Gasteiger partial charge on any atom is -0.481 e. The molecule has 0 bridgehead atoms. The highest BCUT2D eigenvalue weighted by Gasteiger charge is 2.33. The molecule has 2 fully saturated rings. The molecule has 0 unspecified atom stereocenters. The molecule has 2 amide bonds. The van der Waals surface area contributed by atoms with Gasteiger partial charge in [0.2, 0.25) is 5.91 Å². The van der Waals surface area contributed by atoms with Crippen molar-refractivity contribution in [2.24, 2.45) is 11.7 Å². The molecule has 2 aromatic heterocycles. The van der Waals surface area contributed by atoms with Crippen molar-refractivity contribution in [1.29, 1.82) is 0 Å². The van der Waals surface area contributed by atoms with Gasteiger partial charge in [-0.05, 0) is 31.1 Å². The van der Waals surface area contributed by atoms with Crippen LogP contribution in [0.25, 0.3) is 11.7 Å². The van der Waals surface area contributed by atoms with Crippen molar-refractivity contribution in [1.82, 2.24) is 14.3 Å². The third-order valence-corrected chi connectivity index (χ3v) is 7.02. The highest BCUT2D eigenvalue weighted by atomic mass is 32.2. The molecule has 0 spiro atoms. The van der Waals surface area contributed by atoms with E-state index in [-0.39, 0.29) is 45.1 Å². The van der Waals surface area contributed by atoms with Crippen LogP contribution in [-0.4, -0.2) is 61.1 Å². The van der Waals surface area contributed by atoms with Crippen LogP contribution in [0.4, 0.5) is 5.82 Å². The van der Waals surface area contributed by atoms with Gasteiger partial charge < -0.3 is 15.7 Å². The fourth-order valence-electron chi connectivity index (χ4n) is 3.87. The number of hydrogen-bond donors (Lipinski definition) is 2. The monoisotopic (exact) mass is 487 g/mol. The number of nitrogens with zero attached hydrogens (tertiary/aromatic N) is 4. The third kappa shape index (κ3) is 4.62. The predicted molar refractivity (Wildman–Crippen MR) is 128 cm³/mol. The van der Waals surface area contributed by atoms with E-state index in [0.29, 0.717) is 37.4 Å². The Morgan fingerprint density at radius 2 is 2.00 bits per heavy atom. The van der Waals surface area contributed by atoms with E-state index in [4.69, 9.17) is 23.1 Å². The molecule has 2 aliphatic rings. The van der Waals surface area contributed by atoms with Crippen LogP contribution in [0.1, 0.15) is 24.8 Å². The lowest BCUT2D eigenvalue weighted by atomic mass is 9.96. The maximum Gasteiger partial charge on any atom is 0.305 e. The molecule has 2 aliphatic heterocycles. The van der Waals surface area contributed by atoms with Gasteiger partial charge in [-0.25, -0.2) is 4.98 Å². The minimum atomic E-state index is -1.04. The lowest BCUT2D eigenvalue weighted by Crippen LogP contribution is -2.40. The van der Waals surface area contributed by atoms with Crippen molar-refractivity contribution in [3.63, 3.8) is 0 Å². The van der Waals surface area contributed by atoms with Gasteiger partial charge in [0, 0.05) is 31.7 Å². The van der Waals surface area contributed by atoms with Crippen LogP contribution < -0.4 is 16.2 Å². The van der Waals surface area contributed by atoms with Gasteiger partial charge in [-0.2, -0.15) is 0 Å². The number of rotatable bonds is 6. The summed E-state index contributed by atoms with van der Waals surface area (Å²) in [4.78, 5) is 56.8. The average molecular weight is 488 g/mol. The number of hydrogen-bond acceptors (Lipinski definition) is 8. The number of carboxylic acids is 1. The zero-order valence-electron chi connectivity index (χ0n) is 17.5. The van der Waals surface area contributed by atoms with Gasteiger partial charge in [0.1, 0.15) is 15.8 Å². The summed E-state index contributed by atoms with van der Waals surface area (Å²) in [5, 5.41) is 8.93. The van der Waals surface area contributed by atoms with Crippen LogP contribution in [-0.2, 0) is 14.4 Å². The number of nitrogens with two attached hydrogens (primary N) is 1. The zero-order valence-corrected chi connectivity index (χ0v) is 19.1. The molecule has 33 heavy (non-hydrogen) atoms. The van der Waals surface area contributed by atoms with Crippen LogP contribution in [0.15, 0.2) is 34.1 Å². The molecular formula is C21H21N5O5S2. The number of carbonyl (C=O) groups excluding carboxylic acids is 2. The molecule has 0 atom stereocenters. The molecule has 0 aliphatic carbocycles. The van der Waals surface area contributed by atoms with E-state index >= 15 is 0 Å². The standard InChI is InChI=1S/C21H21N5O5S2/c22-17(29)12-4-8-24(9-5-12)18-13(19(30)25-7-2-1-3-15(25)23-18)11-14-20(31)26(21(32)33-14)10-6-16(27)28/h1-3,7,11-12H,4-6,8-10H2,(H2,22,29)(H,27,28). The van der Waals surface area contributed by atoms with Gasteiger partial charge >= 0.3 is 5.97 Å². The second kappa shape index (κ2) is 9.32. The first-order valence-electron chi connectivity index (χ1n) is 10.3. The van der Waals surface area contributed by atoms with Gasteiger partial charge in [-0.3, -0.25) is 28.5 Å². The maximum atomic E-state index is 13.4. The Morgan fingerprint density at radius 1 is 1.27 bits per heavy atom. The normalized spacial score (nSPS) is 18.5. The quantitative estimate of drug-likeness (QED) is 0.452. The third-order valence-electron chi connectivity index (χ3n) is 5.64. The topological polar surface area (TPSA) is 138 Å². The summed E-state index contributed by atoms with van der Waals surface area (Å²) in [6.07, 6.45) is 3.93. The summed E-state index contributed by atoms with van der Waals surface area (Å²) >= 11 is 6.27. The molecule has 4 heterocycles. The Hall–Kier alpha value is -3.25. The highest BCUT2D eigenvalue weighted by Crippen LogP contribution is 2.34. The summed E-state index contributed by atoms with van der Waals surface area (Å²) in [5.74, 6) is -1.62. The first kappa shape index (κ1) is 22.9. The Balaban J connectivity index is 1.74. The molecule has 12 heteroatoms. The van der Waals surface area contributed by atoms with Crippen LogP contribution >= 0.6 is 24.0 Å². The van der Waals surface area contributed by atoms with Crippen molar-refractivity contribution < 1.29 is 19.5 Å². The number of carboxylic acid groups (broad SMARTS) is 1. The summed E-state index contributed by atoms with van der Waals surface area (Å²) < 4.78 is 1.64. The second-order valence-electron chi connectivity index (χ2n) is 7.72. The maximum absolute atomic E-state index is 13.4. The number of carbonyl (C=O) groups is 3. The molecule has 0 radical (unpaired) electrons. The fraction of sp³-hybridized carbons (Fsp3) is 0.333. The molecule has 0 aromatic carbocycles. The number of aliphatic carboxylic acids is 1. The van der Waals surface area contributed by atoms with Crippen LogP contribution in [0, 0.1) is 5.92 Å². The lowest BCUT2D eigenvalue weighted by Gasteiger charge is -2.32. The number of thioether (sulfide) groups is 1. The van der Waals surface area contributed by atoms with E-state index in [1.807, 2.05) is 4.90 Å². The van der Waals surface area contributed by atoms with Crippen LogP contribution in [0.3, 0.4) is 0 Å². The van der Waals surface area contributed by atoms with E-state index in [2.05, 4.69) is 4.98 Å². The Morgan fingerprint density at radius 3 is 2.67 bits per heavy atom. The van der Waals surface area contributed by atoms with Crippen molar-refractivity contribution in [2.75, 3.05) is 24.5 Å². The van der Waals surface area contributed by atoms with Gasteiger partial charge in [0.05, 0.1) is 16.9 Å². The number of thiocarbonyl (C=S) groups is 1. The molecule has 2 saturated heterocycles. The molecule has 172 valence electrons. The molecular weight excluding hydrogens is 466 g/mol. The Labute approximate surface area is 198 Å². The molecule has 0 saturated carbocycles. The highest BCUT2D eigenvalue weighted by molar-refractivity contribution is 8.26. The van der Waals surface area contributed by atoms with Crippen LogP contribution in [0.5, 0.6) is 0 Å². The predicted octanol–water partition coefficient (Wildman–Crippen LogP) is 1.07. The number of piperidine rings is 1. The molecule has 3 N–H and O–H groups in total. The van der Waals surface area contributed by atoms with E-state index in [9.17, 15) is 19.2 Å². The van der Waals surface area contributed by atoms with Crippen molar-refractivity contribution in [2.45, 2.75) is 19.3 Å². The SMILES string of the molecule is NC(=O)C1CCN(c2nc3ccccn3c(=O)c2C=C2SC(=S)N(CCC(=O)O)C2=O)CC1. The van der Waals surface area contributed by atoms with E-state index in [0.717, 1.165) is 11.8 Å². The van der Waals surface area contributed by atoms with E-state index in [1.54, 1.807) is 24.4 Å². The number of primary amides is 1. The number of aromatic nitrogens is 2. The largest absolute Gasteiger partial charge is 0.481 e. The van der Waals surface area contributed by atoms with Crippen molar-refractivity contribution in [3.05, 3.63) is 45.2 Å². The van der Waals surface area contributed by atoms with Crippen molar-refractivity contribution in [3.8, 4) is 0 Å². The number of pyridine rings is 1. The smallest absolute Gasteiger partial charge is 0.305 e. The molecule has 2 aromatic rings. The number of amides is 2. The summed E-state index contributed by atoms with van der Waals surface area (Å²) in [7, 11) is 0. The number of anilines is 1. The van der Waals surface area contributed by atoms with E-state index in [1.165, 1.54) is 15.4 Å². The second-order valence-corrected chi connectivity index (χ2v) is 9.40. The molecule has 10 nitrogen and oxygen atoms in total. The summed E-state index contributed by atoms with van der Waals surface area (Å²) in [6.45, 7) is 0.937. The Bertz CT molecular complexity index is 1250. The Kier molecular flexibility index (Phi) is 6.47. The first-order chi connectivity index (χ1) is 15.8. The zero-order chi connectivity index (χ0) is 23.7. The number of fused-ring (bicyclic) bond motifs is 1. The van der Waals surface area contributed by atoms with Gasteiger partial charge in [0.15, 0.2) is 0 Å². The van der Waals surface area contributed by atoms with E-state index < -0.39 is 11.9 Å². The summed E-state index contributed by atoms with van der Waals surface area (Å²) in [5.41, 5.74) is 5.79. The van der Waals surface area contributed by atoms with Crippen LogP contribution in [0.2, 0.25) is 0 Å². The van der Waals surface area contributed by atoms with Gasteiger partial charge in [-0.1, -0.05) is 30.0 Å². The lowest BCUT2D eigenvalue weighted by molar-refractivity contribution is -0.137. The van der Waals surface area contributed by atoms with Gasteiger partial charge in [0.25, 0.3) is 11.5 Å². The average Bonchev–Trinajstić information content (AvgIpc) is 3.06.